The molecule has 84 valence electrons. The van der Waals surface area contributed by atoms with Crippen molar-refractivity contribution in [2.45, 2.75) is 58.5 Å². The highest BCUT2D eigenvalue weighted by Gasteiger charge is 2.38. The summed E-state index contributed by atoms with van der Waals surface area (Å²) in [6, 6.07) is 0. The van der Waals surface area contributed by atoms with Crippen molar-refractivity contribution in [3.8, 4) is 0 Å². The minimum Gasteiger partial charge on any atom is -0.481 e. The number of aliphatic carboxylic acids is 1. The Kier molecular flexibility index (Phi) is 5.77. The average Bonchev–Trinajstić information content (AvgIpc) is 2.04. The minimum atomic E-state index is -1.01. The molecule has 0 aromatic carbocycles. The molecule has 0 bridgehead atoms. The Balaban J connectivity index is 4.65. The van der Waals surface area contributed by atoms with E-state index in [0.29, 0.717) is 19.3 Å². The van der Waals surface area contributed by atoms with Gasteiger partial charge in [0.1, 0.15) is 0 Å². The topological polar surface area (TPSA) is 57.5 Å². The molecule has 1 atom stereocenters. The minimum absolute atomic E-state index is 0.492. The Labute approximate surface area is 86.1 Å². The van der Waals surface area contributed by atoms with Gasteiger partial charge in [0.25, 0.3) is 0 Å². The molecule has 14 heavy (non-hydrogen) atoms. The van der Waals surface area contributed by atoms with Crippen LogP contribution in [-0.2, 0) is 4.79 Å². The van der Waals surface area contributed by atoms with Gasteiger partial charge in [-0.1, -0.05) is 33.6 Å². The molecule has 0 aliphatic rings. The molecular formula is C11H22O3. The van der Waals surface area contributed by atoms with Crippen LogP contribution >= 0.6 is 0 Å². The molecule has 0 fully saturated rings. The van der Waals surface area contributed by atoms with E-state index in [1.54, 1.807) is 0 Å². The molecule has 0 aromatic heterocycles. The number of carboxylic acid groups (broad SMARTS) is 1. The lowest BCUT2D eigenvalue weighted by molar-refractivity contribution is -0.153. The quantitative estimate of drug-likeness (QED) is 0.666. The molecule has 0 rings (SSSR count). The molecule has 3 heteroatoms. The van der Waals surface area contributed by atoms with Crippen molar-refractivity contribution in [3.63, 3.8) is 0 Å². The fraction of sp³-hybridized carbons (Fsp3) is 0.909. The summed E-state index contributed by atoms with van der Waals surface area (Å²) in [4.78, 5) is 11.0. The molecular weight excluding hydrogens is 180 g/mol. The third-order valence-electron chi connectivity index (χ3n) is 2.72. The van der Waals surface area contributed by atoms with Crippen LogP contribution in [0, 0.1) is 5.92 Å². The molecule has 0 aliphatic carbocycles. The summed E-state index contributed by atoms with van der Waals surface area (Å²) in [5.41, 5.74) is -1.01. The van der Waals surface area contributed by atoms with E-state index in [9.17, 15) is 9.90 Å². The van der Waals surface area contributed by atoms with Gasteiger partial charge in [-0.25, -0.2) is 0 Å². The predicted octanol–water partition coefficient (Wildman–Crippen LogP) is 2.43. The van der Waals surface area contributed by atoms with E-state index in [1.807, 2.05) is 20.8 Å². The number of rotatable bonds is 7. The van der Waals surface area contributed by atoms with Crippen LogP contribution in [0.3, 0.4) is 0 Å². The molecule has 2 N–H and O–H groups in total. The maximum absolute atomic E-state index is 11.0. The van der Waals surface area contributed by atoms with Gasteiger partial charge in [-0.15, -0.1) is 0 Å². The third kappa shape index (κ3) is 3.29. The van der Waals surface area contributed by atoms with Gasteiger partial charge in [0.05, 0.1) is 11.5 Å². The summed E-state index contributed by atoms with van der Waals surface area (Å²) in [5, 5.41) is 19.3. The van der Waals surface area contributed by atoms with Gasteiger partial charge in [0.15, 0.2) is 0 Å². The second kappa shape index (κ2) is 6.02. The van der Waals surface area contributed by atoms with Crippen molar-refractivity contribution in [2.24, 2.45) is 5.92 Å². The number of carboxylic acids is 1. The van der Waals surface area contributed by atoms with Crippen LogP contribution in [0.2, 0.25) is 0 Å². The van der Waals surface area contributed by atoms with Crippen LogP contribution in [0.4, 0.5) is 0 Å². The molecule has 0 spiro atoms. The Morgan fingerprint density at radius 2 is 1.64 bits per heavy atom. The van der Waals surface area contributed by atoms with Gasteiger partial charge in [-0.2, -0.15) is 0 Å². The first-order chi connectivity index (χ1) is 6.51. The van der Waals surface area contributed by atoms with Crippen molar-refractivity contribution in [2.75, 3.05) is 0 Å². The Morgan fingerprint density at radius 1 is 1.21 bits per heavy atom. The Bertz CT molecular complexity index is 171. The molecule has 0 aliphatic heterocycles. The van der Waals surface area contributed by atoms with E-state index in [1.165, 1.54) is 0 Å². The number of hydrogen-bond donors (Lipinski definition) is 2. The zero-order chi connectivity index (χ0) is 11.2. The SMILES string of the molecule is CCCC(O)(CCC)C(CC)C(=O)O. The fourth-order valence-electron chi connectivity index (χ4n) is 2.12. The average molecular weight is 202 g/mol. The maximum Gasteiger partial charge on any atom is 0.309 e. The summed E-state index contributed by atoms with van der Waals surface area (Å²) in [6.45, 7) is 5.75. The van der Waals surface area contributed by atoms with Crippen LogP contribution < -0.4 is 0 Å². The summed E-state index contributed by atoms with van der Waals surface area (Å²) in [6.07, 6.45) is 3.28. The normalized spacial score (nSPS) is 14.0. The smallest absolute Gasteiger partial charge is 0.309 e. The molecule has 0 saturated heterocycles. The van der Waals surface area contributed by atoms with Crippen LogP contribution in [0.25, 0.3) is 0 Å². The van der Waals surface area contributed by atoms with E-state index in [-0.39, 0.29) is 0 Å². The van der Waals surface area contributed by atoms with Gasteiger partial charge in [0.2, 0.25) is 0 Å². The van der Waals surface area contributed by atoms with Crippen molar-refractivity contribution >= 4 is 5.97 Å². The van der Waals surface area contributed by atoms with E-state index in [2.05, 4.69) is 0 Å². The molecule has 0 amide bonds. The number of aliphatic hydroxyl groups is 1. The maximum atomic E-state index is 11.0. The number of hydrogen-bond acceptors (Lipinski definition) is 2. The fourth-order valence-corrected chi connectivity index (χ4v) is 2.12. The van der Waals surface area contributed by atoms with Crippen LogP contribution in [0.1, 0.15) is 52.9 Å². The lowest BCUT2D eigenvalue weighted by Crippen LogP contribution is -2.42. The Morgan fingerprint density at radius 3 is 1.86 bits per heavy atom. The zero-order valence-electron chi connectivity index (χ0n) is 9.42. The van der Waals surface area contributed by atoms with Crippen molar-refractivity contribution in [3.05, 3.63) is 0 Å². The number of carbonyl (C=O) groups is 1. The van der Waals surface area contributed by atoms with Crippen LogP contribution in [0.15, 0.2) is 0 Å². The second-order valence-corrected chi connectivity index (χ2v) is 3.90. The standard InChI is InChI=1S/C11H22O3/c1-4-7-11(14,8-5-2)9(6-3)10(12)13/h9,14H,4-8H2,1-3H3,(H,12,13). The Hall–Kier alpha value is -0.570. The van der Waals surface area contributed by atoms with Gasteiger partial charge >= 0.3 is 5.97 Å². The van der Waals surface area contributed by atoms with E-state index >= 15 is 0 Å². The highest BCUT2D eigenvalue weighted by atomic mass is 16.4. The first-order valence-electron chi connectivity index (χ1n) is 5.47. The third-order valence-corrected chi connectivity index (χ3v) is 2.72. The van der Waals surface area contributed by atoms with Crippen molar-refractivity contribution in [1.82, 2.24) is 0 Å². The molecule has 3 nitrogen and oxygen atoms in total. The summed E-state index contributed by atoms with van der Waals surface area (Å²) >= 11 is 0. The van der Waals surface area contributed by atoms with Gasteiger partial charge < -0.3 is 10.2 Å². The van der Waals surface area contributed by atoms with Crippen molar-refractivity contribution < 1.29 is 15.0 Å². The lowest BCUT2D eigenvalue weighted by atomic mass is 9.79. The molecule has 0 heterocycles. The molecule has 0 radical (unpaired) electrons. The van der Waals surface area contributed by atoms with Crippen molar-refractivity contribution in [1.29, 1.82) is 0 Å². The van der Waals surface area contributed by atoms with Crippen LogP contribution in [0.5, 0.6) is 0 Å². The zero-order valence-corrected chi connectivity index (χ0v) is 9.42. The van der Waals surface area contributed by atoms with Crippen LogP contribution in [-0.4, -0.2) is 21.8 Å². The van der Waals surface area contributed by atoms with Gasteiger partial charge in [-0.3, -0.25) is 4.79 Å². The highest BCUT2D eigenvalue weighted by Crippen LogP contribution is 2.30. The highest BCUT2D eigenvalue weighted by molar-refractivity contribution is 5.71. The van der Waals surface area contributed by atoms with Gasteiger partial charge in [-0.05, 0) is 19.3 Å². The molecule has 0 aromatic rings. The molecule has 1 unspecified atom stereocenters. The second-order valence-electron chi connectivity index (χ2n) is 3.90. The van der Waals surface area contributed by atoms with Gasteiger partial charge in [0, 0.05) is 0 Å². The van der Waals surface area contributed by atoms with E-state index < -0.39 is 17.5 Å². The van der Waals surface area contributed by atoms with E-state index in [0.717, 1.165) is 12.8 Å². The molecule has 0 saturated carbocycles. The van der Waals surface area contributed by atoms with E-state index in [4.69, 9.17) is 5.11 Å². The first kappa shape index (κ1) is 13.4. The predicted molar refractivity (Wildman–Crippen MR) is 56.2 cm³/mol. The first-order valence-corrected chi connectivity index (χ1v) is 5.47. The summed E-state index contributed by atoms with van der Waals surface area (Å²) in [7, 11) is 0. The summed E-state index contributed by atoms with van der Waals surface area (Å²) in [5.74, 6) is -1.50. The lowest BCUT2D eigenvalue weighted by Gasteiger charge is -2.33. The largest absolute Gasteiger partial charge is 0.481 e. The summed E-state index contributed by atoms with van der Waals surface area (Å²) < 4.78 is 0. The monoisotopic (exact) mass is 202 g/mol.